The van der Waals surface area contributed by atoms with Crippen molar-refractivity contribution in [1.29, 1.82) is 0 Å². The molecule has 0 unspecified atom stereocenters. The van der Waals surface area contributed by atoms with E-state index in [1.54, 1.807) is 13.0 Å². The lowest BCUT2D eigenvalue weighted by Crippen LogP contribution is -1.97. The summed E-state index contributed by atoms with van der Waals surface area (Å²) < 4.78 is 13.3. The summed E-state index contributed by atoms with van der Waals surface area (Å²) >= 11 is 8.27. The molecule has 0 aliphatic heterocycles. The van der Waals surface area contributed by atoms with Crippen molar-refractivity contribution in [3.63, 3.8) is 0 Å². The standard InChI is InChI=1S/C9H7BrClFO/c1-5-2-8(12)7(10)3-6(5)4-9(11)13/h2-3H,4H2,1H3. The van der Waals surface area contributed by atoms with Crippen LogP contribution in [0.2, 0.25) is 0 Å². The van der Waals surface area contributed by atoms with Crippen LogP contribution in [0.5, 0.6) is 0 Å². The second kappa shape index (κ2) is 4.20. The summed E-state index contributed by atoms with van der Waals surface area (Å²) in [4.78, 5) is 10.6. The molecular formula is C9H7BrClFO. The lowest BCUT2D eigenvalue weighted by molar-refractivity contribution is -0.111. The van der Waals surface area contributed by atoms with E-state index in [1.165, 1.54) is 6.07 Å². The second-order valence-electron chi connectivity index (χ2n) is 2.72. The summed E-state index contributed by atoms with van der Waals surface area (Å²) in [6.07, 6.45) is 0.131. The van der Waals surface area contributed by atoms with Crippen molar-refractivity contribution in [2.75, 3.05) is 0 Å². The van der Waals surface area contributed by atoms with Crippen LogP contribution in [0.15, 0.2) is 16.6 Å². The molecule has 0 amide bonds. The molecule has 0 bridgehead atoms. The fraction of sp³-hybridized carbons (Fsp3) is 0.222. The number of aryl methyl sites for hydroxylation is 1. The lowest BCUT2D eigenvalue weighted by Gasteiger charge is -2.04. The molecule has 0 aliphatic carbocycles. The van der Waals surface area contributed by atoms with Gasteiger partial charge in [-0.3, -0.25) is 4.79 Å². The Bertz CT molecular complexity index is 352. The van der Waals surface area contributed by atoms with Gasteiger partial charge in [0.25, 0.3) is 0 Å². The number of hydrogen-bond donors (Lipinski definition) is 0. The molecule has 1 rings (SSSR count). The first-order valence-electron chi connectivity index (χ1n) is 3.63. The van der Waals surface area contributed by atoms with Gasteiger partial charge in [-0.2, -0.15) is 0 Å². The van der Waals surface area contributed by atoms with Gasteiger partial charge in [-0.1, -0.05) is 0 Å². The maximum absolute atomic E-state index is 12.9. The average molecular weight is 266 g/mol. The molecule has 0 heterocycles. The van der Waals surface area contributed by atoms with Crippen LogP contribution < -0.4 is 0 Å². The van der Waals surface area contributed by atoms with E-state index >= 15 is 0 Å². The Hall–Kier alpha value is -0.410. The van der Waals surface area contributed by atoms with Crippen molar-refractivity contribution in [2.45, 2.75) is 13.3 Å². The Kier molecular flexibility index (Phi) is 3.45. The highest BCUT2D eigenvalue weighted by atomic mass is 79.9. The highest BCUT2D eigenvalue weighted by Crippen LogP contribution is 2.21. The van der Waals surface area contributed by atoms with Gasteiger partial charge in [0.15, 0.2) is 0 Å². The van der Waals surface area contributed by atoms with Crippen molar-refractivity contribution >= 4 is 32.8 Å². The zero-order valence-electron chi connectivity index (χ0n) is 6.90. The third-order valence-corrected chi connectivity index (χ3v) is 2.45. The third kappa shape index (κ3) is 2.78. The minimum Gasteiger partial charge on any atom is -0.281 e. The molecule has 0 spiro atoms. The van der Waals surface area contributed by atoms with Crippen LogP contribution in [-0.2, 0) is 11.2 Å². The monoisotopic (exact) mass is 264 g/mol. The van der Waals surface area contributed by atoms with Gasteiger partial charge < -0.3 is 0 Å². The Labute approximate surface area is 89.0 Å². The largest absolute Gasteiger partial charge is 0.281 e. The van der Waals surface area contributed by atoms with Gasteiger partial charge in [0, 0.05) is 6.42 Å². The maximum atomic E-state index is 12.9. The minimum absolute atomic E-state index is 0.131. The van der Waals surface area contributed by atoms with Gasteiger partial charge in [-0.05, 0) is 57.7 Å². The summed E-state index contributed by atoms with van der Waals surface area (Å²) in [6.45, 7) is 1.74. The molecule has 0 aliphatic rings. The van der Waals surface area contributed by atoms with Crippen LogP contribution >= 0.6 is 27.5 Å². The van der Waals surface area contributed by atoms with E-state index in [-0.39, 0.29) is 12.2 Å². The Morgan fingerprint density at radius 2 is 2.23 bits per heavy atom. The average Bonchev–Trinajstić information content (AvgIpc) is 1.99. The van der Waals surface area contributed by atoms with E-state index in [4.69, 9.17) is 11.6 Å². The number of carbonyl (C=O) groups is 1. The predicted octanol–water partition coefficient (Wildman–Crippen LogP) is 3.20. The van der Waals surface area contributed by atoms with E-state index in [1.807, 2.05) is 0 Å². The first-order chi connectivity index (χ1) is 6.00. The fourth-order valence-corrected chi connectivity index (χ4v) is 1.56. The van der Waals surface area contributed by atoms with Crippen molar-refractivity contribution in [3.05, 3.63) is 33.5 Å². The highest BCUT2D eigenvalue weighted by molar-refractivity contribution is 9.10. The normalized spacial score (nSPS) is 10.2. The Balaban J connectivity index is 3.08. The number of benzene rings is 1. The molecule has 4 heteroatoms. The van der Waals surface area contributed by atoms with Crippen molar-refractivity contribution in [2.24, 2.45) is 0 Å². The van der Waals surface area contributed by atoms with E-state index in [0.717, 1.165) is 11.1 Å². The van der Waals surface area contributed by atoms with Gasteiger partial charge in [-0.25, -0.2) is 4.39 Å². The number of rotatable bonds is 2. The molecule has 70 valence electrons. The van der Waals surface area contributed by atoms with Gasteiger partial charge in [0.2, 0.25) is 5.24 Å². The quantitative estimate of drug-likeness (QED) is 0.751. The zero-order chi connectivity index (χ0) is 10.0. The van der Waals surface area contributed by atoms with Crippen molar-refractivity contribution in [3.8, 4) is 0 Å². The molecule has 0 N–H and O–H groups in total. The predicted molar refractivity (Wildman–Crippen MR) is 53.4 cm³/mol. The summed E-state index contributed by atoms with van der Waals surface area (Å²) in [6, 6.07) is 2.95. The summed E-state index contributed by atoms with van der Waals surface area (Å²) in [5, 5.41) is -0.443. The molecule has 0 atom stereocenters. The highest BCUT2D eigenvalue weighted by Gasteiger charge is 2.07. The topological polar surface area (TPSA) is 17.1 Å². The third-order valence-electron chi connectivity index (χ3n) is 1.71. The second-order valence-corrected chi connectivity index (χ2v) is 4.00. The van der Waals surface area contributed by atoms with Gasteiger partial charge in [0.1, 0.15) is 5.82 Å². The van der Waals surface area contributed by atoms with Crippen molar-refractivity contribution in [1.82, 2.24) is 0 Å². The Morgan fingerprint density at radius 3 is 2.77 bits per heavy atom. The summed E-state index contributed by atoms with van der Waals surface area (Å²) in [5.41, 5.74) is 1.47. The van der Waals surface area contributed by atoms with Crippen LogP contribution in [0.4, 0.5) is 4.39 Å². The number of carbonyl (C=O) groups excluding carboxylic acids is 1. The number of hydrogen-bond acceptors (Lipinski definition) is 1. The van der Waals surface area contributed by atoms with Crippen LogP contribution in [0.3, 0.4) is 0 Å². The van der Waals surface area contributed by atoms with Crippen LogP contribution in [0.25, 0.3) is 0 Å². The lowest BCUT2D eigenvalue weighted by atomic mass is 10.1. The number of halogens is 3. The van der Waals surface area contributed by atoms with E-state index in [2.05, 4.69) is 15.9 Å². The SMILES string of the molecule is Cc1cc(F)c(Br)cc1CC(=O)Cl. The van der Waals surface area contributed by atoms with Crippen LogP contribution in [-0.4, -0.2) is 5.24 Å². The molecule has 0 saturated carbocycles. The van der Waals surface area contributed by atoms with E-state index < -0.39 is 5.24 Å². The van der Waals surface area contributed by atoms with Gasteiger partial charge in [-0.15, -0.1) is 0 Å². The molecule has 0 aromatic heterocycles. The molecule has 0 fully saturated rings. The van der Waals surface area contributed by atoms with Gasteiger partial charge >= 0.3 is 0 Å². The Morgan fingerprint density at radius 1 is 1.62 bits per heavy atom. The van der Waals surface area contributed by atoms with Gasteiger partial charge in [0.05, 0.1) is 4.47 Å². The maximum Gasteiger partial charge on any atom is 0.226 e. The molecule has 1 aromatic carbocycles. The van der Waals surface area contributed by atoms with E-state index in [0.29, 0.717) is 4.47 Å². The molecular weight excluding hydrogens is 258 g/mol. The smallest absolute Gasteiger partial charge is 0.226 e. The summed E-state index contributed by atoms with van der Waals surface area (Å²) in [7, 11) is 0. The van der Waals surface area contributed by atoms with E-state index in [9.17, 15) is 9.18 Å². The molecule has 1 nitrogen and oxygen atoms in total. The zero-order valence-corrected chi connectivity index (χ0v) is 9.25. The van der Waals surface area contributed by atoms with Crippen LogP contribution in [0, 0.1) is 12.7 Å². The van der Waals surface area contributed by atoms with Crippen LogP contribution in [0.1, 0.15) is 11.1 Å². The minimum atomic E-state index is -0.443. The molecule has 1 aromatic rings. The molecule has 0 radical (unpaired) electrons. The molecule has 0 saturated heterocycles. The first kappa shape index (κ1) is 10.7. The molecule has 13 heavy (non-hydrogen) atoms. The fourth-order valence-electron chi connectivity index (χ4n) is 1.03. The summed E-state index contributed by atoms with van der Waals surface area (Å²) in [5.74, 6) is -0.330. The first-order valence-corrected chi connectivity index (χ1v) is 4.80. The van der Waals surface area contributed by atoms with Crippen molar-refractivity contribution < 1.29 is 9.18 Å².